The number of oxazole rings is 1. The van der Waals surface area contributed by atoms with Crippen molar-refractivity contribution in [2.75, 3.05) is 20.2 Å². The summed E-state index contributed by atoms with van der Waals surface area (Å²) in [4.78, 5) is 27.3. The number of ether oxygens (including phenoxy) is 1. The number of carbonyl (C=O) groups excluding carboxylic acids is 2. The molecule has 0 fully saturated rings. The van der Waals surface area contributed by atoms with Crippen LogP contribution in [0.4, 0.5) is 0 Å². The SMILES string of the molecule is CCCC(=O)NCC(=O)NCCc1coc(-c2ccc(OC)cc2)n1. The predicted molar refractivity (Wildman–Crippen MR) is 93.1 cm³/mol. The Balaban J connectivity index is 1.75. The molecule has 25 heavy (non-hydrogen) atoms. The molecule has 0 spiro atoms. The van der Waals surface area contributed by atoms with Gasteiger partial charge in [0.25, 0.3) is 0 Å². The Morgan fingerprint density at radius 1 is 1.16 bits per heavy atom. The van der Waals surface area contributed by atoms with E-state index in [0.29, 0.717) is 25.3 Å². The topological polar surface area (TPSA) is 93.5 Å². The van der Waals surface area contributed by atoms with Crippen molar-refractivity contribution in [3.05, 3.63) is 36.2 Å². The van der Waals surface area contributed by atoms with Crippen LogP contribution in [0.25, 0.3) is 11.5 Å². The molecular formula is C18H23N3O4. The fourth-order valence-corrected chi connectivity index (χ4v) is 2.17. The van der Waals surface area contributed by atoms with Crippen molar-refractivity contribution in [3.63, 3.8) is 0 Å². The lowest BCUT2D eigenvalue weighted by atomic mass is 10.2. The zero-order valence-electron chi connectivity index (χ0n) is 14.5. The first-order valence-corrected chi connectivity index (χ1v) is 8.24. The van der Waals surface area contributed by atoms with Gasteiger partial charge in [-0.25, -0.2) is 4.98 Å². The summed E-state index contributed by atoms with van der Waals surface area (Å²) in [7, 11) is 1.61. The van der Waals surface area contributed by atoms with Gasteiger partial charge < -0.3 is 19.8 Å². The van der Waals surface area contributed by atoms with E-state index in [2.05, 4.69) is 15.6 Å². The summed E-state index contributed by atoms with van der Waals surface area (Å²) in [5.74, 6) is 0.960. The molecule has 0 aliphatic carbocycles. The van der Waals surface area contributed by atoms with Gasteiger partial charge in [0.1, 0.15) is 12.0 Å². The van der Waals surface area contributed by atoms with Crippen LogP contribution in [-0.2, 0) is 16.0 Å². The average Bonchev–Trinajstić information content (AvgIpc) is 3.09. The maximum absolute atomic E-state index is 11.6. The average molecular weight is 345 g/mol. The van der Waals surface area contributed by atoms with E-state index in [1.54, 1.807) is 13.4 Å². The van der Waals surface area contributed by atoms with Crippen molar-refractivity contribution in [1.29, 1.82) is 0 Å². The normalized spacial score (nSPS) is 10.3. The standard InChI is InChI=1S/C18H23N3O4/c1-3-4-16(22)20-11-17(23)19-10-9-14-12-25-18(21-14)13-5-7-15(24-2)8-6-13/h5-8,12H,3-4,9-11H2,1-2H3,(H,19,23)(H,20,22). The summed E-state index contributed by atoms with van der Waals surface area (Å²) >= 11 is 0. The maximum atomic E-state index is 11.6. The number of nitrogens with one attached hydrogen (secondary N) is 2. The van der Waals surface area contributed by atoms with E-state index in [0.717, 1.165) is 23.4 Å². The molecule has 0 unspecified atom stereocenters. The molecule has 2 rings (SSSR count). The highest BCUT2D eigenvalue weighted by atomic mass is 16.5. The number of carbonyl (C=O) groups is 2. The van der Waals surface area contributed by atoms with E-state index in [9.17, 15) is 9.59 Å². The lowest BCUT2D eigenvalue weighted by molar-refractivity contribution is -0.126. The van der Waals surface area contributed by atoms with Gasteiger partial charge in [-0.1, -0.05) is 6.92 Å². The Bertz CT molecular complexity index is 695. The number of methoxy groups -OCH3 is 1. The third-order valence-corrected chi connectivity index (χ3v) is 3.52. The maximum Gasteiger partial charge on any atom is 0.239 e. The van der Waals surface area contributed by atoms with Gasteiger partial charge in [0.05, 0.1) is 19.3 Å². The third kappa shape index (κ3) is 5.95. The van der Waals surface area contributed by atoms with E-state index < -0.39 is 0 Å². The Hall–Kier alpha value is -2.83. The molecule has 0 radical (unpaired) electrons. The number of amides is 2. The quantitative estimate of drug-likeness (QED) is 0.724. The van der Waals surface area contributed by atoms with Crippen molar-refractivity contribution in [2.45, 2.75) is 26.2 Å². The summed E-state index contributed by atoms with van der Waals surface area (Å²) in [6.45, 7) is 2.34. The molecule has 0 aliphatic heterocycles. The number of rotatable bonds is 9. The highest BCUT2D eigenvalue weighted by Crippen LogP contribution is 2.21. The molecule has 7 heteroatoms. The second-order valence-electron chi connectivity index (χ2n) is 5.50. The first kappa shape index (κ1) is 18.5. The fourth-order valence-electron chi connectivity index (χ4n) is 2.17. The van der Waals surface area contributed by atoms with E-state index >= 15 is 0 Å². The Labute approximate surface area is 146 Å². The minimum absolute atomic E-state index is 0.00521. The highest BCUT2D eigenvalue weighted by Gasteiger charge is 2.08. The summed E-state index contributed by atoms with van der Waals surface area (Å²) in [6, 6.07) is 7.42. The lowest BCUT2D eigenvalue weighted by Gasteiger charge is -2.05. The van der Waals surface area contributed by atoms with Crippen molar-refractivity contribution in [2.24, 2.45) is 0 Å². The molecule has 134 valence electrons. The zero-order valence-corrected chi connectivity index (χ0v) is 14.5. The van der Waals surface area contributed by atoms with E-state index in [4.69, 9.17) is 9.15 Å². The highest BCUT2D eigenvalue weighted by molar-refractivity contribution is 5.84. The summed E-state index contributed by atoms with van der Waals surface area (Å²) in [6.07, 6.45) is 3.32. The minimum atomic E-state index is -0.219. The Kier molecular flexibility index (Phi) is 7.00. The minimum Gasteiger partial charge on any atom is -0.497 e. The second kappa shape index (κ2) is 9.46. The Morgan fingerprint density at radius 3 is 2.60 bits per heavy atom. The fraction of sp³-hybridized carbons (Fsp3) is 0.389. The first-order chi connectivity index (χ1) is 12.1. The van der Waals surface area contributed by atoms with Gasteiger partial charge in [0.15, 0.2) is 0 Å². The smallest absolute Gasteiger partial charge is 0.239 e. The van der Waals surface area contributed by atoms with Crippen molar-refractivity contribution < 1.29 is 18.7 Å². The predicted octanol–water partition coefficient (Wildman–Crippen LogP) is 1.93. The molecule has 0 bridgehead atoms. The molecule has 1 aromatic heterocycles. The van der Waals surface area contributed by atoms with Gasteiger partial charge in [-0.15, -0.1) is 0 Å². The van der Waals surface area contributed by atoms with Crippen LogP contribution in [0, 0.1) is 0 Å². The molecule has 1 heterocycles. The Morgan fingerprint density at radius 2 is 1.92 bits per heavy atom. The molecule has 0 atom stereocenters. The van der Waals surface area contributed by atoms with Crippen LogP contribution in [0.3, 0.4) is 0 Å². The van der Waals surface area contributed by atoms with Crippen LogP contribution in [0.15, 0.2) is 34.9 Å². The third-order valence-electron chi connectivity index (χ3n) is 3.52. The van der Waals surface area contributed by atoms with Gasteiger partial charge in [-0.3, -0.25) is 9.59 Å². The molecule has 7 nitrogen and oxygen atoms in total. The van der Waals surface area contributed by atoms with Crippen molar-refractivity contribution in [1.82, 2.24) is 15.6 Å². The summed E-state index contributed by atoms with van der Waals surface area (Å²) in [5, 5.41) is 5.31. The molecule has 0 saturated heterocycles. The largest absolute Gasteiger partial charge is 0.497 e. The number of hydrogen-bond acceptors (Lipinski definition) is 5. The second-order valence-corrected chi connectivity index (χ2v) is 5.50. The van der Waals surface area contributed by atoms with E-state index in [1.165, 1.54) is 0 Å². The number of benzene rings is 1. The van der Waals surface area contributed by atoms with Gasteiger partial charge in [0, 0.05) is 24.9 Å². The zero-order chi connectivity index (χ0) is 18.1. The van der Waals surface area contributed by atoms with E-state index in [-0.39, 0.29) is 18.4 Å². The van der Waals surface area contributed by atoms with Gasteiger partial charge in [-0.05, 0) is 30.7 Å². The summed E-state index contributed by atoms with van der Waals surface area (Å²) in [5.41, 5.74) is 1.61. The number of hydrogen-bond donors (Lipinski definition) is 2. The number of aromatic nitrogens is 1. The monoisotopic (exact) mass is 345 g/mol. The van der Waals surface area contributed by atoms with Gasteiger partial charge in [-0.2, -0.15) is 0 Å². The van der Waals surface area contributed by atoms with Crippen LogP contribution in [0.2, 0.25) is 0 Å². The molecule has 2 aromatic rings. The van der Waals surface area contributed by atoms with Crippen LogP contribution in [-0.4, -0.2) is 37.0 Å². The molecular weight excluding hydrogens is 322 g/mol. The van der Waals surface area contributed by atoms with Gasteiger partial charge >= 0.3 is 0 Å². The van der Waals surface area contributed by atoms with Crippen molar-refractivity contribution in [3.8, 4) is 17.2 Å². The van der Waals surface area contributed by atoms with Crippen LogP contribution < -0.4 is 15.4 Å². The first-order valence-electron chi connectivity index (χ1n) is 8.24. The van der Waals surface area contributed by atoms with Crippen LogP contribution >= 0.6 is 0 Å². The van der Waals surface area contributed by atoms with Gasteiger partial charge in [0.2, 0.25) is 17.7 Å². The van der Waals surface area contributed by atoms with Crippen molar-refractivity contribution >= 4 is 11.8 Å². The molecule has 2 N–H and O–H groups in total. The van der Waals surface area contributed by atoms with Crippen LogP contribution in [0.5, 0.6) is 5.75 Å². The molecule has 0 aliphatic rings. The molecule has 1 aromatic carbocycles. The lowest BCUT2D eigenvalue weighted by Crippen LogP contribution is -2.37. The number of nitrogens with zero attached hydrogens (tertiary/aromatic N) is 1. The van der Waals surface area contributed by atoms with E-state index in [1.807, 2.05) is 31.2 Å². The molecule has 0 saturated carbocycles. The summed E-state index contributed by atoms with van der Waals surface area (Å²) < 4.78 is 10.6. The molecule has 2 amide bonds. The van der Waals surface area contributed by atoms with Crippen LogP contribution in [0.1, 0.15) is 25.5 Å².